The second kappa shape index (κ2) is 2.98. The monoisotopic (exact) mass is 160 g/mol. The highest BCUT2D eigenvalue weighted by molar-refractivity contribution is 4.94. The van der Waals surface area contributed by atoms with E-state index < -0.39 is 18.5 Å². The van der Waals surface area contributed by atoms with Crippen LogP contribution in [0.4, 0.5) is 22.0 Å². The first-order valence-electron chi connectivity index (χ1n) is 2.35. The molecular weight excluding hydrogens is 155 g/mol. The van der Waals surface area contributed by atoms with Gasteiger partial charge in [-0.15, -0.1) is 0 Å². The van der Waals surface area contributed by atoms with Crippen LogP contribution in [0.3, 0.4) is 0 Å². The summed E-state index contributed by atoms with van der Waals surface area (Å²) in [5.74, 6) is -4.13. The summed E-state index contributed by atoms with van der Waals surface area (Å²) in [7, 11) is 0. The largest absolute Gasteiger partial charge is 0.302 e. The molecule has 0 spiro atoms. The van der Waals surface area contributed by atoms with Crippen LogP contribution >= 0.6 is 0 Å². The van der Waals surface area contributed by atoms with Crippen LogP contribution in [0.5, 0.6) is 0 Å². The lowest BCUT2D eigenvalue weighted by atomic mass is 10.2. The van der Waals surface area contributed by atoms with Gasteiger partial charge in [-0.2, -0.15) is 8.78 Å². The van der Waals surface area contributed by atoms with Gasteiger partial charge in [-0.1, -0.05) is 6.58 Å². The fraction of sp³-hybridized carbons (Fsp3) is 0.600. The highest BCUT2D eigenvalue weighted by atomic mass is 19.3. The molecule has 0 saturated carbocycles. The van der Waals surface area contributed by atoms with Crippen molar-refractivity contribution in [2.45, 2.75) is 18.5 Å². The number of rotatable bonds is 3. The van der Waals surface area contributed by atoms with E-state index in [4.69, 9.17) is 0 Å². The van der Waals surface area contributed by atoms with Gasteiger partial charge in [-0.3, -0.25) is 0 Å². The summed E-state index contributed by atoms with van der Waals surface area (Å²) < 4.78 is 57.8. The Balaban J connectivity index is 4.17. The summed E-state index contributed by atoms with van der Waals surface area (Å²) in [5.41, 5.74) is 0. The van der Waals surface area contributed by atoms with Gasteiger partial charge in [0.25, 0.3) is 6.43 Å². The van der Waals surface area contributed by atoms with Gasteiger partial charge in [0, 0.05) is 0 Å². The van der Waals surface area contributed by atoms with Crippen LogP contribution in [0.25, 0.3) is 0 Å². The van der Waals surface area contributed by atoms with E-state index in [2.05, 4.69) is 6.58 Å². The minimum atomic E-state index is -4.13. The number of hydrogen-bond acceptors (Lipinski definition) is 0. The van der Waals surface area contributed by atoms with Crippen LogP contribution in [0, 0.1) is 0 Å². The zero-order valence-corrected chi connectivity index (χ0v) is 4.83. The minimum Gasteiger partial charge on any atom is -0.234 e. The molecule has 0 radical (unpaired) electrons. The Hall–Kier alpha value is -0.610. The maximum Gasteiger partial charge on any atom is 0.302 e. The predicted octanol–water partition coefficient (Wildman–Crippen LogP) is 2.41. The smallest absolute Gasteiger partial charge is 0.234 e. The molecule has 0 aromatic carbocycles. The minimum absolute atomic E-state index is 0.135. The maximum atomic E-state index is 11.8. The van der Waals surface area contributed by atoms with Gasteiger partial charge in [0.05, 0.1) is 0 Å². The zero-order valence-electron chi connectivity index (χ0n) is 4.83. The van der Waals surface area contributed by atoms with E-state index in [1.807, 2.05) is 0 Å². The predicted molar refractivity (Wildman–Crippen MR) is 26.0 cm³/mol. The molecule has 0 aliphatic carbocycles. The summed E-state index contributed by atoms with van der Waals surface area (Å²) in [6, 6.07) is 0. The molecule has 0 saturated heterocycles. The van der Waals surface area contributed by atoms with Crippen LogP contribution in [-0.4, -0.2) is 18.5 Å². The van der Waals surface area contributed by atoms with Crippen molar-refractivity contribution in [1.29, 1.82) is 0 Å². The Bertz CT molecular complexity index is 119. The highest BCUT2D eigenvalue weighted by Gasteiger charge is 2.43. The van der Waals surface area contributed by atoms with Crippen LogP contribution in [0.15, 0.2) is 12.7 Å². The van der Waals surface area contributed by atoms with E-state index in [1.54, 1.807) is 0 Å². The Morgan fingerprint density at radius 2 is 1.60 bits per heavy atom. The maximum absolute atomic E-state index is 11.8. The van der Waals surface area contributed by atoms with Crippen molar-refractivity contribution in [3.8, 4) is 0 Å². The van der Waals surface area contributed by atoms with E-state index >= 15 is 0 Å². The lowest BCUT2D eigenvalue weighted by Gasteiger charge is -2.14. The van der Waals surface area contributed by atoms with Crippen LogP contribution < -0.4 is 0 Å². The van der Waals surface area contributed by atoms with Gasteiger partial charge in [0.15, 0.2) is 0 Å². The average Bonchev–Trinajstić information content (AvgIpc) is 1.86. The van der Waals surface area contributed by atoms with Crippen LogP contribution in [0.1, 0.15) is 0 Å². The molecule has 0 aromatic rings. The van der Waals surface area contributed by atoms with Gasteiger partial charge >= 0.3 is 5.92 Å². The number of halogens is 5. The van der Waals surface area contributed by atoms with E-state index in [1.165, 1.54) is 0 Å². The molecule has 0 N–H and O–H groups in total. The first-order chi connectivity index (χ1) is 4.41. The Kier molecular flexibility index (Phi) is 2.80. The van der Waals surface area contributed by atoms with Crippen molar-refractivity contribution in [2.24, 2.45) is 0 Å². The average molecular weight is 160 g/mol. The van der Waals surface area contributed by atoms with Gasteiger partial charge in [0.2, 0.25) is 6.17 Å². The molecule has 0 rings (SSSR count). The molecule has 0 aliphatic heterocycles. The molecule has 0 bridgehead atoms. The van der Waals surface area contributed by atoms with Crippen molar-refractivity contribution in [2.75, 3.05) is 0 Å². The quantitative estimate of drug-likeness (QED) is 0.439. The topological polar surface area (TPSA) is 0 Å². The first-order valence-corrected chi connectivity index (χ1v) is 2.35. The van der Waals surface area contributed by atoms with Crippen LogP contribution in [-0.2, 0) is 0 Å². The lowest BCUT2D eigenvalue weighted by Crippen LogP contribution is -2.33. The SMILES string of the molecule is C=CC(F)(F)C(F)C(F)F. The van der Waals surface area contributed by atoms with Crippen molar-refractivity contribution in [1.82, 2.24) is 0 Å². The van der Waals surface area contributed by atoms with Crippen molar-refractivity contribution < 1.29 is 22.0 Å². The second-order valence-corrected chi connectivity index (χ2v) is 1.61. The van der Waals surface area contributed by atoms with E-state index in [0.717, 1.165) is 0 Å². The Labute approximate surface area is 54.3 Å². The van der Waals surface area contributed by atoms with Gasteiger partial charge in [0.1, 0.15) is 0 Å². The summed E-state index contributed by atoms with van der Waals surface area (Å²) in [5, 5.41) is 0. The summed E-state index contributed by atoms with van der Waals surface area (Å²) in [6.07, 6.45) is -7.26. The fourth-order valence-electron chi connectivity index (χ4n) is 0.281. The molecule has 0 aromatic heterocycles. The van der Waals surface area contributed by atoms with Crippen molar-refractivity contribution in [3.63, 3.8) is 0 Å². The van der Waals surface area contributed by atoms with Crippen molar-refractivity contribution in [3.05, 3.63) is 12.7 Å². The number of alkyl halides is 5. The molecule has 1 atom stereocenters. The summed E-state index contributed by atoms with van der Waals surface area (Å²) in [4.78, 5) is 0. The summed E-state index contributed by atoms with van der Waals surface area (Å²) in [6.45, 7) is 2.51. The molecule has 0 aliphatic rings. The molecule has 0 amide bonds. The third-order valence-corrected chi connectivity index (χ3v) is 0.861. The molecule has 0 heterocycles. The van der Waals surface area contributed by atoms with E-state index in [0.29, 0.717) is 0 Å². The second-order valence-electron chi connectivity index (χ2n) is 1.61. The number of allylic oxidation sites excluding steroid dienone is 1. The third-order valence-electron chi connectivity index (χ3n) is 0.861. The van der Waals surface area contributed by atoms with Crippen molar-refractivity contribution >= 4 is 0 Å². The molecule has 0 fully saturated rings. The Morgan fingerprint density at radius 3 is 1.70 bits per heavy atom. The molecule has 5 heteroatoms. The summed E-state index contributed by atoms with van der Waals surface area (Å²) >= 11 is 0. The molecule has 1 unspecified atom stereocenters. The lowest BCUT2D eigenvalue weighted by molar-refractivity contribution is -0.0946. The molecule has 10 heavy (non-hydrogen) atoms. The Morgan fingerprint density at radius 1 is 1.20 bits per heavy atom. The van der Waals surface area contributed by atoms with Gasteiger partial charge in [-0.05, 0) is 6.08 Å². The van der Waals surface area contributed by atoms with E-state index in [9.17, 15) is 22.0 Å². The normalized spacial score (nSPS) is 15.4. The standard InChI is InChI=1S/C5H5F5/c1-2-5(9,10)3(6)4(7)8/h2-4H,1H2. The van der Waals surface area contributed by atoms with Gasteiger partial charge < -0.3 is 0 Å². The fourth-order valence-corrected chi connectivity index (χ4v) is 0.281. The zero-order chi connectivity index (χ0) is 8.36. The number of hydrogen-bond donors (Lipinski definition) is 0. The van der Waals surface area contributed by atoms with Crippen LogP contribution in [0.2, 0.25) is 0 Å². The molecule has 60 valence electrons. The highest BCUT2D eigenvalue weighted by Crippen LogP contribution is 2.26. The third kappa shape index (κ3) is 1.97. The first kappa shape index (κ1) is 9.39. The molecular formula is C5H5F5. The molecule has 0 nitrogen and oxygen atoms in total. The van der Waals surface area contributed by atoms with E-state index in [-0.39, 0.29) is 6.08 Å². The van der Waals surface area contributed by atoms with Gasteiger partial charge in [-0.25, -0.2) is 13.2 Å².